The number of aryl methyl sites for hydroxylation is 3. The summed E-state index contributed by atoms with van der Waals surface area (Å²) < 4.78 is 2.29. The van der Waals surface area contributed by atoms with Crippen LogP contribution in [-0.4, -0.2) is 28.8 Å². The van der Waals surface area contributed by atoms with Crippen LogP contribution in [0.4, 0.5) is 11.4 Å². The zero-order chi connectivity index (χ0) is 35.8. The molecule has 52 heavy (non-hydrogen) atoms. The zero-order valence-electron chi connectivity index (χ0n) is 30.7. The number of hydrogen-bond acceptors (Lipinski definition) is 4. The van der Waals surface area contributed by atoms with Gasteiger partial charge in [0, 0.05) is 29.8 Å². The van der Waals surface area contributed by atoms with Gasteiger partial charge in [0.1, 0.15) is 18.3 Å². The molecule has 6 heteroatoms. The van der Waals surface area contributed by atoms with Crippen LogP contribution in [0, 0.1) is 20.8 Å². The second-order valence-corrected chi connectivity index (χ2v) is 14.2. The molecule has 1 aliphatic heterocycles. The number of benzene rings is 5. The summed E-state index contributed by atoms with van der Waals surface area (Å²) in [5.41, 5.74) is 14.5. The summed E-state index contributed by atoms with van der Waals surface area (Å²) in [4.78, 5) is 7.69. The fourth-order valence-electron chi connectivity index (χ4n) is 8.16. The number of allylic oxidation sites excluding steroid dienone is 4. The summed E-state index contributed by atoms with van der Waals surface area (Å²) in [7, 11) is 2.16. The summed E-state index contributed by atoms with van der Waals surface area (Å²) in [6.45, 7) is 9.46. The number of hydrogen-bond donors (Lipinski definition) is 0. The summed E-state index contributed by atoms with van der Waals surface area (Å²) in [5.74, 6) is 2.19. The van der Waals surface area contributed by atoms with E-state index >= 15 is 0 Å². The predicted molar refractivity (Wildman–Crippen MR) is 221 cm³/mol. The molecule has 0 saturated heterocycles. The van der Waals surface area contributed by atoms with E-state index in [9.17, 15) is 0 Å². The highest BCUT2D eigenvalue weighted by Gasteiger charge is 2.29. The summed E-state index contributed by atoms with van der Waals surface area (Å²) in [6, 6.07) is 43.8. The number of amidine groups is 1. The minimum atomic E-state index is 0.0122. The lowest BCUT2D eigenvalue weighted by atomic mass is 9.35. The Hall–Kier alpha value is -5.88. The van der Waals surface area contributed by atoms with E-state index in [-0.39, 0.29) is 12.6 Å². The van der Waals surface area contributed by atoms with Gasteiger partial charge in [-0.05, 0) is 58.4 Å². The summed E-state index contributed by atoms with van der Waals surface area (Å²) >= 11 is 0. The average Bonchev–Trinajstić information content (AvgIpc) is 3.74. The highest BCUT2D eigenvalue weighted by molar-refractivity contribution is 6.96. The molecule has 0 spiro atoms. The number of hydrazone groups is 1. The highest BCUT2D eigenvalue weighted by Crippen LogP contribution is 2.36. The second kappa shape index (κ2) is 14.0. The molecule has 2 heterocycles. The largest absolute Gasteiger partial charge is 0.327 e. The Labute approximate surface area is 308 Å². The number of para-hydroxylation sites is 1. The smallest absolute Gasteiger partial charge is 0.242 e. The quantitative estimate of drug-likeness (QED) is 0.152. The third-order valence-electron chi connectivity index (χ3n) is 10.5. The van der Waals surface area contributed by atoms with E-state index in [0.29, 0.717) is 6.67 Å². The van der Waals surface area contributed by atoms with Crippen LogP contribution in [0.15, 0.2) is 151 Å². The van der Waals surface area contributed by atoms with Crippen molar-refractivity contribution in [1.29, 1.82) is 0 Å². The lowest BCUT2D eigenvalue weighted by Gasteiger charge is -2.24. The minimum Gasteiger partial charge on any atom is -0.327 e. The first-order chi connectivity index (χ1) is 25.4. The SMILES string of the molecule is CC1=NN(c2cccc(B(c3cccc(-c4nc([C@@H]5C=CC=CC5)c(-c5ccccc5)n4C)c3)c3c(C)cc(C)cc3C)c2)CN1c1ccccc1. The molecule has 0 N–H and O–H groups in total. The standard InChI is InChI=1S/C46H44BN5/c1-32-27-33(2)43(34(3)28-32)47(40-23-16-26-42(30-40)52-31-51(35(4)49-52)41-24-13-8-14-25-41)39-22-15-21-38(29-39)46-48-44(36-17-9-6-10-18-36)45(50(46)5)37-19-11-7-12-20-37/h6-17,19-30,36H,18,31H2,1-5H3/t36-/m1/s1. The molecule has 1 aromatic heterocycles. The van der Waals surface area contributed by atoms with Crippen LogP contribution >= 0.6 is 0 Å². The van der Waals surface area contributed by atoms with Crippen molar-refractivity contribution in [3.63, 3.8) is 0 Å². The van der Waals surface area contributed by atoms with Crippen molar-refractivity contribution < 1.29 is 0 Å². The molecule has 0 amide bonds. The fourth-order valence-corrected chi connectivity index (χ4v) is 8.16. The molecule has 6 aromatic rings. The first-order valence-corrected chi connectivity index (χ1v) is 18.2. The van der Waals surface area contributed by atoms with Crippen molar-refractivity contribution in [2.24, 2.45) is 12.1 Å². The van der Waals surface area contributed by atoms with Crippen molar-refractivity contribution in [2.75, 3.05) is 16.6 Å². The molecule has 5 nitrogen and oxygen atoms in total. The molecular formula is C46H44BN5. The van der Waals surface area contributed by atoms with Crippen LogP contribution in [-0.2, 0) is 7.05 Å². The van der Waals surface area contributed by atoms with Gasteiger partial charge in [0.25, 0.3) is 0 Å². The number of rotatable bonds is 8. The molecule has 0 fully saturated rings. The van der Waals surface area contributed by atoms with E-state index in [1.54, 1.807) is 0 Å². The first kappa shape index (κ1) is 33.3. The lowest BCUT2D eigenvalue weighted by Crippen LogP contribution is -2.54. The van der Waals surface area contributed by atoms with Gasteiger partial charge in [-0.25, -0.2) is 9.99 Å². The Balaban J connectivity index is 1.23. The number of imidazole rings is 1. The Morgan fingerprint density at radius 3 is 2.04 bits per heavy atom. The molecule has 8 rings (SSSR count). The van der Waals surface area contributed by atoms with Crippen LogP contribution in [0.25, 0.3) is 22.6 Å². The van der Waals surface area contributed by atoms with Crippen molar-refractivity contribution in [3.8, 4) is 22.6 Å². The molecule has 0 bridgehead atoms. The fraction of sp³-hybridized carbons (Fsp3) is 0.174. The minimum absolute atomic E-state index is 0.0122. The monoisotopic (exact) mass is 677 g/mol. The highest BCUT2D eigenvalue weighted by atomic mass is 15.6. The summed E-state index contributed by atoms with van der Waals surface area (Å²) in [5, 5.41) is 7.12. The van der Waals surface area contributed by atoms with Crippen molar-refractivity contribution in [1.82, 2.24) is 9.55 Å². The topological polar surface area (TPSA) is 36.7 Å². The summed E-state index contributed by atoms with van der Waals surface area (Å²) in [6.07, 6.45) is 9.75. The van der Waals surface area contributed by atoms with Gasteiger partial charge in [-0.3, -0.25) is 0 Å². The third-order valence-corrected chi connectivity index (χ3v) is 10.5. The van der Waals surface area contributed by atoms with E-state index in [1.165, 1.54) is 44.3 Å². The van der Waals surface area contributed by atoms with Gasteiger partial charge < -0.3 is 9.47 Å². The number of nitrogens with zero attached hydrogens (tertiary/aromatic N) is 5. The first-order valence-electron chi connectivity index (χ1n) is 18.2. The molecule has 2 aliphatic rings. The molecular weight excluding hydrogens is 633 g/mol. The van der Waals surface area contributed by atoms with Gasteiger partial charge >= 0.3 is 0 Å². The van der Waals surface area contributed by atoms with E-state index in [1.807, 2.05) is 0 Å². The van der Waals surface area contributed by atoms with E-state index in [0.717, 1.165) is 40.7 Å². The predicted octanol–water partition coefficient (Wildman–Crippen LogP) is 8.41. The molecule has 1 atom stereocenters. The van der Waals surface area contributed by atoms with E-state index in [4.69, 9.17) is 10.1 Å². The van der Waals surface area contributed by atoms with Gasteiger partial charge in [0.05, 0.1) is 17.1 Å². The van der Waals surface area contributed by atoms with Gasteiger partial charge in [-0.1, -0.05) is 154 Å². The Morgan fingerprint density at radius 2 is 1.33 bits per heavy atom. The van der Waals surface area contributed by atoms with E-state index in [2.05, 4.69) is 195 Å². The van der Waals surface area contributed by atoms with Crippen LogP contribution in [0.3, 0.4) is 0 Å². The maximum atomic E-state index is 5.43. The van der Waals surface area contributed by atoms with E-state index < -0.39 is 0 Å². The maximum absolute atomic E-state index is 5.43. The van der Waals surface area contributed by atoms with Gasteiger partial charge in [0.2, 0.25) is 6.71 Å². The second-order valence-electron chi connectivity index (χ2n) is 14.2. The molecule has 0 radical (unpaired) electrons. The van der Waals surface area contributed by atoms with Crippen LogP contribution in [0.1, 0.15) is 41.6 Å². The molecule has 5 aromatic carbocycles. The maximum Gasteiger partial charge on any atom is 0.242 e. The Kier molecular flexibility index (Phi) is 8.98. The molecule has 0 unspecified atom stereocenters. The van der Waals surface area contributed by atoms with Crippen LogP contribution < -0.4 is 26.3 Å². The third kappa shape index (κ3) is 6.30. The van der Waals surface area contributed by atoms with Gasteiger partial charge in [-0.2, -0.15) is 5.10 Å². The van der Waals surface area contributed by atoms with Gasteiger partial charge in [0.15, 0.2) is 0 Å². The molecule has 0 saturated carbocycles. The number of aromatic nitrogens is 2. The molecule has 256 valence electrons. The average molecular weight is 678 g/mol. The van der Waals surface area contributed by atoms with Crippen molar-refractivity contribution >= 4 is 40.3 Å². The van der Waals surface area contributed by atoms with Gasteiger partial charge in [-0.15, -0.1) is 0 Å². The normalized spacial score (nSPS) is 15.3. The molecule has 1 aliphatic carbocycles. The Morgan fingerprint density at radius 1 is 0.673 bits per heavy atom. The van der Waals surface area contributed by atoms with Crippen molar-refractivity contribution in [2.45, 2.75) is 40.0 Å². The zero-order valence-corrected chi connectivity index (χ0v) is 30.7. The Bertz CT molecular complexity index is 2310. The van der Waals surface area contributed by atoms with Crippen LogP contribution in [0.2, 0.25) is 0 Å². The van der Waals surface area contributed by atoms with Crippen LogP contribution in [0.5, 0.6) is 0 Å². The number of anilines is 2. The van der Waals surface area contributed by atoms with Crippen molar-refractivity contribution in [3.05, 3.63) is 168 Å². The lowest BCUT2D eigenvalue weighted by molar-refractivity contribution is 0.824.